The van der Waals surface area contributed by atoms with Crippen molar-refractivity contribution in [2.45, 2.75) is 26.3 Å². The van der Waals surface area contributed by atoms with Crippen molar-refractivity contribution in [3.63, 3.8) is 0 Å². The lowest BCUT2D eigenvalue weighted by atomic mass is 10.1. The second kappa shape index (κ2) is 5.69. The van der Waals surface area contributed by atoms with Crippen LogP contribution >= 0.6 is 0 Å². The highest BCUT2D eigenvalue weighted by Gasteiger charge is 2.28. The summed E-state index contributed by atoms with van der Waals surface area (Å²) in [5, 5.41) is 8.81. The molecule has 1 rings (SSSR count). The van der Waals surface area contributed by atoms with Crippen LogP contribution in [0.3, 0.4) is 0 Å². The molecule has 0 aromatic heterocycles. The van der Waals surface area contributed by atoms with Crippen LogP contribution in [0.5, 0.6) is 0 Å². The van der Waals surface area contributed by atoms with Crippen LogP contribution in [0, 0.1) is 0 Å². The summed E-state index contributed by atoms with van der Waals surface area (Å²) in [4.78, 5) is 17.8. The number of urea groups is 1. The summed E-state index contributed by atoms with van der Waals surface area (Å²) < 4.78 is 0. The van der Waals surface area contributed by atoms with Crippen LogP contribution in [0.2, 0.25) is 0 Å². The van der Waals surface area contributed by atoms with Gasteiger partial charge in [-0.2, -0.15) is 0 Å². The zero-order valence-corrected chi connectivity index (χ0v) is 11.4. The summed E-state index contributed by atoms with van der Waals surface area (Å²) in [5.74, 6) is 0. The molecule has 2 amide bonds. The normalized spacial score (nSPS) is 18.3. The summed E-state index contributed by atoms with van der Waals surface area (Å²) in [6.45, 7) is 10.4. The number of piperazine rings is 1. The molecular formula is C12H25N3O2. The lowest BCUT2D eigenvalue weighted by Crippen LogP contribution is -2.56. The summed E-state index contributed by atoms with van der Waals surface area (Å²) in [6.07, 6.45) is 0. The molecule has 100 valence electrons. The molecule has 5 heteroatoms. The number of amides is 2. The molecular weight excluding hydrogens is 218 g/mol. The maximum Gasteiger partial charge on any atom is 0.319 e. The summed E-state index contributed by atoms with van der Waals surface area (Å²) in [7, 11) is 1.73. The fourth-order valence-corrected chi connectivity index (χ4v) is 2.06. The first kappa shape index (κ1) is 14.3. The number of aliphatic hydroxyl groups is 1. The first-order valence-electron chi connectivity index (χ1n) is 6.22. The minimum absolute atomic E-state index is 0.0181. The van der Waals surface area contributed by atoms with Crippen LogP contribution in [0.4, 0.5) is 4.79 Å². The van der Waals surface area contributed by atoms with Crippen LogP contribution in [-0.2, 0) is 0 Å². The van der Waals surface area contributed by atoms with Gasteiger partial charge in [0.1, 0.15) is 0 Å². The molecule has 0 aliphatic carbocycles. The van der Waals surface area contributed by atoms with Gasteiger partial charge in [0.05, 0.1) is 6.61 Å². The number of likely N-dealkylation sites (N-methyl/N-ethyl adjacent to an activating group) is 1. The number of carbonyl (C=O) groups excluding carboxylic acids is 1. The lowest BCUT2D eigenvalue weighted by Gasteiger charge is -2.42. The van der Waals surface area contributed by atoms with E-state index in [0.717, 1.165) is 26.2 Å². The third kappa shape index (κ3) is 3.85. The molecule has 1 aliphatic heterocycles. The first-order chi connectivity index (χ1) is 7.86. The maximum absolute atomic E-state index is 12.0. The van der Waals surface area contributed by atoms with Crippen LogP contribution in [0.15, 0.2) is 0 Å². The van der Waals surface area contributed by atoms with Gasteiger partial charge in [-0.05, 0) is 20.8 Å². The molecule has 0 aromatic rings. The molecule has 17 heavy (non-hydrogen) atoms. The Morgan fingerprint density at radius 2 is 1.76 bits per heavy atom. The average Bonchev–Trinajstić information content (AvgIpc) is 2.27. The highest BCUT2D eigenvalue weighted by Crippen LogP contribution is 2.16. The topological polar surface area (TPSA) is 47.0 Å². The monoisotopic (exact) mass is 243 g/mol. The second-order valence-electron chi connectivity index (χ2n) is 5.57. The molecule has 1 N–H and O–H groups in total. The summed E-state index contributed by atoms with van der Waals surface area (Å²) in [6, 6.07) is 0.0209. The molecule has 1 fully saturated rings. The number of aliphatic hydroxyl groups excluding tert-OH is 1. The van der Waals surface area contributed by atoms with Gasteiger partial charge in [0.25, 0.3) is 0 Å². The fraction of sp³-hybridized carbons (Fsp3) is 0.917. The number of carbonyl (C=O) groups is 1. The van der Waals surface area contributed by atoms with Crippen molar-refractivity contribution in [2.24, 2.45) is 0 Å². The number of hydrogen-bond donors (Lipinski definition) is 1. The van der Waals surface area contributed by atoms with Crippen LogP contribution < -0.4 is 0 Å². The van der Waals surface area contributed by atoms with E-state index >= 15 is 0 Å². The minimum atomic E-state index is 0.0181. The highest BCUT2D eigenvalue weighted by molar-refractivity contribution is 5.74. The standard InChI is InChI=1S/C12H25N3O2/c1-12(2,3)15-7-5-14(6-8-15)11(17)13(4)9-10-16/h16H,5-10H2,1-4H3. The first-order valence-corrected chi connectivity index (χ1v) is 6.22. The Kier molecular flexibility index (Phi) is 4.77. The van der Waals surface area contributed by atoms with Gasteiger partial charge in [0, 0.05) is 45.3 Å². The largest absolute Gasteiger partial charge is 0.395 e. The van der Waals surface area contributed by atoms with E-state index in [1.54, 1.807) is 11.9 Å². The van der Waals surface area contributed by atoms with Gasteiger partial charge in [0.15, 0.2) is 0 Å². The van der Waals surface area contributed by atoms with E-state index in [2.05, 4.69) is 25.7 Å². The van der Waals surface area contributed by atoms with E-state index in [1.807, 2.05) is 4.90 Å². The third-order valence-corrected chi connectivity index (χ3v) is 3.26. The molecule has 0 aromatic carbocycles. The van der Waals surface area contributed by atoms with Gasteiger partial charge in [-0.1, -0.05) is 0 Å². The van der Waals surface area contributed by atoms with Gasteiger partial charge >= 0.3 is 6.03 Å². The van der Waals surface area contributed by atoms with Crippen LogP contribution in [0.25, 0.3) is 0 Å². The Morgan fingerprint density at radius 1 is 1.24 bits per heavy atom. The van der Waals surface area contributed by atoms with E-state index in [0.29, 0.717) is 6.54 Å². The van der Waals surface area contributed by atoms with E-state index in [-0.39, 0.29) is 18.2 Å². The van der Waals surface area contributed by atoms with Gasteiger partial charge in [-0.3, -0.25) is 4.90 Å². The highest BCUT2D eigenvalue weighted by atomic mass is 16.3. The van der Waals surface area contributed by atoms with Crippen molar-refractivity contribution in [1.82, 2.24) is 14.7 Å². The number of rotatable bonds is 2. The van der Waals surface area contributed by atoms with Crippen molar-refractivity contribution < 1.29 is 9.90 Å². The molecule has 0 bridgehead atoms. The Hall–Kier alpha value is -0.810. The molecule has 1 aliphatic rings. The zero-order valence-electron chi connectivity index (χ0n) is 11.4. The zero-order chi connectivity index (χ0) is 13.1. The second-order valence-corrected chi connectivity index (χ2v) is 5.57. The third-order valence-electron chi connectivity index (χ3n) is 3.26. The van der Waals surface area contributed by atoms with E-state index in [1.165, 1.54) is 0 Å². The van der Waals surface area contributed by atoms with Crippen molar-refractivity contribution in [2.75, 3.05) is 46.4 Å². The van der Waals surface area contributed by atoms with Crippen molar-refractivity contribution in [3.8, 4) is 0 Å². The Labute approximate surface area is 104 Å². The molecule has 0 radical (unpaired) electrons. The molecule has 0 spiro atoms. The number of hydrogen-bond acceptors (Lipinski definition) is 3. The Morgan fingerprint density at radius 3 is 2.18 bits per heavy atom. The Bertz CT molecular complexity index is 255. The van der Waals surface area contributed by atoms with E-state index < -0.39 is 0 Å². The molecule has 1 saturated heterocycles. The van der Waals surface area contributed by atoms with Crippen molar-refractivity contribution in [1.29, 1.82) is 0 Å². The molecule has 0 unspecified atom stereocenters. The SMILES string of the molecule is CN(CCO)C(=O)N1CCN(C(C)(C)C)CC1. The molecule has 1 heterocycles. The fourth-order valence-electron chi connectivity index (χ4n) is 2.06. The Balaban J connectivity index is 2.44. The molecule has 0 atom stereocenters. The van der Waals surface area contributed by atoms with E-state index in [9.17, 15) is 4.79 Å². The maximum atomic E-state index is 12.0. The predicted molar refractivity (Wildman–Crippen MR) is 68.0 cm³/mol. The van der Waals surface area contributed by atoms with Crippen molar-refractivity contribution in [3.05, 3.63) is 0 Å². The minimum Gasteiger partial charge on any atom is -0.395 e. The number of nitrogens with zero attached hydrogens (tertiary/aromatic N) is 3. The van der Waals surface area contributed by atoms with Gasteiger partial charge < -0.3 is 14.9 Å². The van der Waals surface area contributed by atoms with E-state index in [4.69, 9.17) is 5.11 Å². The van der Waals surface area contributed by atoms with Gasteiger partial charge in [-0.25, -0.2) is 4.79 Å². The summed E-state index contributed by atoms with van der Waals surface area (Å²) in [5.41, 5.74) is 0.173. The van der Waals surface area contributed by atoms with Crippen LogP contribution in [-0.4, -0.2) is 77.8 Å². The predicted octanol–water partition coefficient (Wildman–Crippen LogP) is 0.447. The van der Waals surface area contributed by atoms with Crippen LogP contribution in [0.1, 0.15) is 20.8 Å². The molecule has 5 nitrogen and oxygen atoms in total. The average molecular weight is 243 g/mol. The smallest absolute Gasteiger partial charge is 0.319 e. The summed E-state index contributed by atoms with van der Waals surface area (Å²) >= 11 is 0. The van der Waals surface area contributed by atoms with Gasteiger partial charge in [0.2, 0.25) is 0 Å². The molecule has 0 saturated carbocycles. The quantitative estimate of drug-likeness (QED) is 0.766. The lowest BCUT2D eigenvalue weighted by molar-refractivity contribution is 0.0648. The van der Waals surface area contributed by atoms with Gasteiger partial charge in [-0.15, -0.1) is 0 Å². The van der Waals surface area contributed by atoms with Crippen molar-refractivity contribution >= 4 is 6.03 Å².